The SMILES string of the molecule is CC(=Nc1ccc(Br)cc1)C1=C(O)[C@H](C(=O)Nc2ccc(Br)cc2)C(C)(C)CC1=O. The first-order chi connectivity index (χ1) is 14.1. The molecular weight excluding hydrogens is 512 g/mol. The lowest BCUT2D eigenvalue weighted by atomic mass is 9.67. The third kappa shape index (κ3) is 4.90. The topological polar surface area (TPSA) is 78.8 Å². The quantitative estimate of drug-likeness (QED) is 0.448. The lowest BCUT2D eigenvalue weighted by molar-refractivity contribution is -0.126. The molecule has 0 saturated carbocycles. The number of hydrogen-bond acceptors (Lipinski definition) is 4. The van der Waals surface area contributed by atoms with Crippen molar-refractivity contribution >= 4 is 60.6 Å². The minimum atomic E-state index is -0.871. The molecule has 0 unspecified atom stereocenters. The van der Waals surface area contributed by atoms with Gasteiger partial charge in [-0.3, -0.25) is 14.6 Å². The number of Topliss-reactive ketones (excluding diaryl/α,β-unsaturated/α-hetero) is 1. The molecule has 0 aromatic heterocycles. The maximum Gasteiger partial charge on any atom is 0.235 e. The molecule has 0 radical (unpaired) electrons. The number of rotatable bonds is 4. The standard InChI is InChI=1S/C23H22Br2N2O3/c1-13(26-16-8-4-14(24)5-9-16)19-18(28)12-23(2,3)20(21(19)29)22(30)27-17-10-6-15(25)7-11-17/h4-11,20,29H,12H2,1-3H3,(H,27,30)/t20-/m1/s1. The van der Waals surface area contributed by atoms with E-state index < -0.39 is 11.3 Å². The van der Waals surface area contributed by atoms with Crippen LogP contribution in [0.4, 0.5) is 11.4 Å². The van der Waals surface area contributed by atoms with Crippen molar-refractivity contribution in [1.82, 2.24) is 0 Å². The largest absolute Gasteiger partial charge is 0.511 e. The Labute approximate surface area is 192 Å². The normalized spacial score (nSPS) is 19.0. The summed E-state index contributed by atoms with van der Waals surface area (Å²) in [4.78, 5) is 30.4. The average Bonchev–Trinajstić information content (AvgIpc) is 2.64. The first-order valence-corrected chi connectivity index (χ1v) is 11.0. The van der Waals surface area contributed by atoms with Crippen LogP contribution in [0.15, 0.2) is 73.8 Å². The average molecular weight is 534 g/mol. The third-order valence-electron chi connectivity index (χ3n) is 5.07. The lowest BCUT2D eigenvalue weighted by Gasteiger charge is -2.37. The predicted molar refractivity (Wildman–Crippen MR) is 126 cm³/mol. The molecule has 5 nitrogen and oxygen atoms in total. The monoisotopic (exact) mass is 532 g/mol. The van der Waals surface area contributed by atoms with Crippen LogP contribution in [0, 0.1) is 11.3 Å². The summed E-state index contributed by atoms with van der Waals surface area (Å²) in [7, 11) is 0. The number of nitrogens with zero attached hydrogens (tertiary/aromatic N) is 1. The first-order valence-electron chi connectivity index (χ1n) is 9.42. The summed E-state index contributed by atoms with van der Waals surface area (Å²) in [6.07, 6.45) is 0.137. The van der Waals surface area contributed by atoms with Crippen molar-refractivity contribution in [2.75, 3.05) is 5.32 Å². The molecular formula is C23H22Br2N2O3. The van der Waals surface area contributed by atoms with E-state index in [1.165, 1.54) is 0 Å². The van der Waals surface area contributed by atoms with E-state index in [0.717, 1.165) is 8.95 Å². The number of aliphatic hydroxyl groups excluding tert-OH is 1. The Bertz CT molecular complexity index is 1040. The van der Waals surface area contributed by atoms with E-state index >= 15 is 0 Å². The minimum absolute atomic E-state index is 0.119. The van der Waals surface area contributed by atoms with Gasteiger partial charge in [0.25, 0.3) is 0 Å². The number of anilines is 1. The van der Waals surface area contributed by atoms with Crippen LogP contribution in [-0.2, 0) is 9.59 Å². The van der Waals surface area contributed by atoms with Crippen LogP contribution in [0.5, 0.6) is 0 Å². The second kappa shape index (κ2) is 8.86. The zero-order chi connectivity index (χ0) is 22.1. The molecule has 1 amide bonds. The molecule has 0 bridgehead atoms. The van der Waals surface area contributed by atoms with Crippen molar-refractivity contribution in [2.45, 2.75) is 27.2 Å². The van der Waals surface area contributed by atoms with E-state index in [-0.39, 0.29) is 29.4 Å². The smallest absolute Gasteiger partial charge is 0.235 e. The molecule has 1 aliphatic carbocycles. The van der Waals surface area contributed by atoms with E-state index in [1.807, 2.05) is 38.1 Å². The molecule has 2 N–H and O–H groups in total. The molecule has 0 fully saturated rings. The number of carbonyl (C=O) groups excluding carboxylic acids is 2. The van der Waals surface area contributed by atoms with E-state index in [9.17, 15) is 14.7 Å². The van der Waals surface area contributed by atoms with Gasteiger partial charge in [0.15, 0.2) is 5.78 Å². The molecule has 156 valence electrons. The number of benzene rings is 2. The highest BCUT2D eigenvalue weighted by atomic mass is 79.9. The van der Waals surface area contributed by atoms with Gasteiger partial charge in [0.1, 0.15) is 11.7 Å². The fourth-order valence-corrected chi connectivity index (χ4v) is 4.17. The third-order valence-corrected chi connectivity index (χ3v) is 6.12. The summed E-state index contributed by atoms with van der Waals surface area (Å²) in [5, 5.41) is 13.9. The predicted octanol–water partition coefficient (Wildman–Crippen LogP) is 6.37. The number of amides is 1. The lowest BCUT2D eigenvalue weighted by Crippen LogP contribution is -2.43. The van der Waals surface area contributed by atoms with Crippen molar-refractivity contribution in [2.24, 2.45) is 16.3 Å². The second-order valence-corrected chi connectivity index (χ2v) is 9.78. The molecule has 3 rings (SSSR count). The van der Waals surface area contributed by atoms with Crippen LogP contribution < -0.4 is 5.32 Å². The molecule has 0 spiro atoms. The number of halogens is 2. The van der Waals surface area contributed by atoms with E-state index in [0.29, 0.717) is 17.1 Å². The number of aliphatic imine (C=N–C) groups is 1. The molecule has 0 heterocycles. The molecule has 2 aromatic rings. The van der Waals surface area contributed by atoms with Crippen LogP contribution in [-0.4, -0.2) is 22.5 Å². The highest BCUT2D eigenvalue weighted by Crippen LogP contribution is 2.42. The van der Waals surface area contributed by atoms with Gasteiger partial charge in [-0.2, -0.15) is 0 Å². The van der Waals surface area contributed by atoms with Gasteiger partial charge in [-0.05, 0) is 60.9 Å². The van der Waals surface area contributed by atoms with Crippen molar-refractivity contribution in [1.29, 1.82) is 0 Å². The number of aliphatic hydroxyl groups is 1. The zero-order valence-electron chi connectivity index (χ0n) is 16.9. The molecule has 1 aliphatic rings. The van der Waals surface area contributed by atoms with E-state index in [1.54, 1.807) is 31.2 Å². The number of allylic oxidation sites excluding steroid dienone is 1. The van der Waals surface area contributed by atoms with Crippen molar-refractivity contribution in [3.8, 4) is 0 Å². The second-order valence-electron chi connectivity index (χ2n) is 7.95. The van der Waals surface area contributed by atoms with Crippen LogP contribution >= 0.6 is 31.9 Å². The Hall–Kier alpha value is -2.25. The van der Waals surface area contributed by atoms with Crippen molar-refractivity contribution < 1.29 is 14.7 Å². The Balaban J connectivity index is 1.97. The molecule has 0 aliphatic heterocycles. The number of hydrogen-bond donors (Lipinski definition) is 2. The number of carbonyl (C=O) groups is 2. The molecule has 1 atom stereocenters. The fraction of sp³-hybridized carbons (Fsp3) is 0.261. The van der Waals surface area contributed by atoms with E-state index in [4.69, 9.17) is 0 Å². The van der Waals surface area contributed by atoms with Crippen LogP contribution in [0.1, 0.15) is 27.2 Å². The first kappa shape index (κ1) is 22.4. The van der Waals surface area contributed by atoms with Gasteiger partial charge in [0, 0.05) is 21.1 Å². The van der Waals surface area contributed by atoms with Crippen molar-refractivity contribution in [3.63, 3.8) is 0 Å². The summed E-state index contributed by atoms with van der Waals surface area (Å²) >= 11 is 6.74. The van der Waals surface area contributed by atoms with Gasteiger partial charge in [0.2, 0.25) is 5.91 Å². The van der Waals surface area contributed by atoms with Crippen molar-refractivity contribution in [3.05, 3.63) is 68.8 Å². The summed E-state index contributed by atoms with van der Waals surface area (Å²) in [6, 6.07) is 14.5. The van der Waals surface area contributed by atoms with Gasteiger partial charge in [-0.25, -0.2) is 0 Å². The van der Waals surface area contributed by atoms with E-state index in [2.05, 4.69) is 42.2 Å². The molecule has 2 aromatic carbocycles. The Kier molecular flexibility index (Phi) is 6.62. The number of nitrogens with one attached hydrogen (secondary N) is 1. The fourth-order valence-electron chi connectivity index (χ4n) is 3.64. The summed E-state index contributed by atoms with van der Waals surface area (Å²) in [5.74, 6) is -1.68. The maximum atomic E-state index is 13.1. The van der Waals surface area contributed by atoms with Gasteiger partial charge < -0.3 is 10.4 Å². The van der Waals surface area contributed by atoms with Crippen LogP contribution in [0.25, 0.3) is 0 Å². The summed E-state index contributed by atoms with van der Waals surface area (Å²) in [6.45, 7) is 5.29. The van der Waals surface area contributed by atoms with Gasteiger partial charge >= 0.3 is 0 Å². The van der Waals surface area contributed by atoms with Gasteiger partial charge in [0.05, 0.1) is 17.0 Å². The molecule has 0 saturated heterocycles. The van der Waals surface area contributed by atoms with Crippen LogP contribution in [0.2, 0.25) is 0 Å². The Morgan fingerprint density at radius 2 is 1.60 bits per heavy atom. The zero-order valence-corrected chi connectivity index (χ0v) is 20.0. The minimum Gasteiger partial charge on any atom is -0.511 e. The Morgan fingerprint density at radius 1 is 1.07 bits per heavy atom. The Morgan fingerprint density at radius 3 is 2.17 bits per heavy atom. The highest BCUT2D eigenvalue weighted by Gasteiger charge is 2.46. The molecule has 30 heavy (non-hydrogen) atoms. The number of ketones is 1. The molecule has 7 heteroatoms. The van der Waals surface area contributed by atoms with Gasteiger partial charge in [-0.1, -0.05) is 45.7 Å². The summed E-state index contributed by atoms with van der Waals surface area (Å²) < 4.78 is 1.82. The van der Waals surface area contributed by atoms with Gasteiger partial charge in [-0.15, -0.1) is 0 Å². The summed E-state index contributed by atoms with van der Waals surface area (Å²) in [5.41, 5.74) is 1.04. The highest BCUT2D eigenvalue weighted by molar-refractivity contribution is 9.10. The van der Waals surface area contributed by atoms with Crippen LogP contribution in [0.3, 0.4) is 0 Å². The maximum absolute atomic E-state index is 13.1.